The number of H-pyrrole nitrogens is 1. The van der Waals surface area contributed by atoms with Crippen LogP contribution in [0.25, 0.3) is 11.3 Å². The van der Waals surface area contributed by atoms with E-state index in [0.29, 0.717) is 5.82 Å². The van der Waals surface area contributed by atoms with Crippen molar-refractivity contribution < 1.29 is 14.3 Å². The van der Waals surface area contributed by atoms with Crippen LogP contribution in [0.1, 0.15) is 27.2 Å². The molecule has 0 aromatic carbocycles. The molecule has 0 saturated carbocycles. The predicted molar refractivity (Wildman–Crippen MR) is 89.3 cm³/mol. The molecule has 2 aromatic heterocycles. The lowest BCUT2D eigenvalue weighted by molar-refractivity contribution is -0.116. The number of aromatic amines is 1. The molecule has 24 heavy (non-hydrogen) atoms. The molecule has 128 valence electrons. The molecule has 2 amide bonds. The highest BCUT2D eigenvalue weighted by atomic mass is 16.6. The van der Waals surface area contributed by atoms with Gasteiger partial charge in [-0.25, -0.2) is 4.79 Å². The fourth-order valence-electron chi connectivity index (χ4n) is 1.86. The number of carbonyl (C=O) groups excluding carboxylic acids is 2. The lowest BCUT2D eigenvalue weighted by Crippen LogP contribution is -2.34. The first-order valence-electron chi connectivity index (χ1n) is 7.56. The smallest absolute Gasteiger partial charge is 0.407 e. The minimum atomic E-state index is -0.565. The fraction of sp³-hybridized carbons (Fsp3) is 0.375. The number of pyridine rings is 1. The molecule has 2 heterocycles. The van der Waals surface area contributed by atoms with Gasteiger partial charge in [-0.3, -0.25) is 14.9 Å². The molecular weight excluding hydrogens is 310 g/mol. The molecule has 3 N–H and O–H groups in total. The highest BCUT2D eigenvalue weighted by Crippen LogP contribution is 2.18. The summed E-state index contributed by atoms with van der Waals surface area (Å²) in [7, 11) is 0. The molecule has 0 fully saturated rings. The molecule has 2 rings (SSSR count). The average Bonchev–Trinajstić information content (AvgIpc) is 2.94. The van der Waals surface area contributed by atoms with Crippen molar-refractivity contribution in [3.05, 3.63) is 30.6 Å². The first kappa shape index (κ1) is 17.5. The summed E-state index contributed by atoms with van der Waals surface area (Å²) >= 11 is 0. The number of carbonyl (C=O) groups is 2. The largest absolute Gasteiger partial charge is 0.444 e. The molecule has 8 heteroatoms. The van der Waals surface area contributed by atoms with Gasteiger partial charge in [-0.2, -0.15) is 5.10 Å². The number of alkyl carbamates (subject to hydrolysis) is 1. The number of hydrogen-bond acceptors (Lipinski definition) is 5. The quantitative estimate of drug-likeness (QED) is 0.779. The number of nitrogens with one attached hydrogen (secondary N) is 3. The standard InChI is InChI=1S/C16H21N5O3/c1-16(2,3)24-15(23)18-9-6-14(22)19-13-10-12(20-21-13)11-4-7-17-8-5-11/h4-5,7-8,10H,6,9H2,1-3H3,(H,18,23)(H2,19,20,21,22). The van der Waals surface area contributed by atoms with Gasteiger partial charge in [0.15, 0.2) is 5.82 Å². The summed E-state index contributed by atoms with van der Waals surface area (Å²) < 4.78 is 5.09. The Morgan fingerprint density at radius 1 is 1.25 bits per heavy atom. The third kappa shape index (κ3) is 5.71. The van der Waals surface area contributed by atoms with Crippen LogP contribution < -0.4 is 10.6 Å². The van der Waals surface area contributed by atoms with Crippen molar-refractivity contribution in [2.24, 2.45) is 0 Å². The van der Waals surface area contributed by atoms with E-state index in [-0.39, 0.29) is 18.9 Å². The zero-order chi connectivity index (χ0) is 17.6. The summed E-state index contributed by atoms with van der Waals surface area (Å²) in [6.45, 7) is 5.51. The van der Waals surface area contributed by atoms with Crippen LogP contribution in [0.4, 0.5) is 10.6 Å². The highest BCUT2D eigenvalue weighted by molar-refractivity contribution is 5.90. The van der Waals surface area contributed by atoms with Crippen molar-refractivity contribution in [2.75, 3.05) is 11.9 Å². The van der Waals surface area contributed by atoms with E-state index in [9.17, 15) is 9.59 Å². The van der Waals surface area contributed by atoms with Gasteiger partial charge in [-0.15, -0.1) is 0 Å². The van der Waals surface area contributed by atoms with Gasteiger partial charge in [-0.05, 0) is 32.9 Å². The third-order valence-corrected chi connectivity index (χ3v) is 2.86. The zero-order valence-corrected chi connectivity index (χ0v) is 13.9. The van der Waals surface area contributed by atoms with E-state index in [0.717, 1.165) is 11.3 Å². The number of hydrogen-bond donors (Lipinski definition) is 3. The van der Waals surface area contributed by atoms with Gasteiger partial charge in [-0.1, -0.05) is 0 Å². The summed E-state index contributed by atoms with van der Waals surface area (Å²) in [5.41, 5.74) is 1.13. The molecule has 0 saturated heterocycles. The topological polar surface area (TPSA) is 109 Å². The van der Waals surface area contributed by atoms with Gasteiger partial charge in [0.2, 0.25) is 5.91 Å². The minimum Gasteiger partial charge on any atom is -0.444 e. The van der Waals surface area contributed by atoms with Crippen molar-refractivity contribution >= 4 is 17.8 Å². The second-order valence-corrected chi connectivity index (χ2v) is 6.13. The Labute approximate surface area is 140 Å². The lowest BCUT2D eigenvalue weighted by atomic mass is 10.2. The van der Waals surface area contributed by atoms with Gasteiger partial charge in [0.05, 0.1) is 5.69 Å². The van der Waals surface area contributed by atoms with Crippen molar-refractivity contribution in [1.29, 1.82) is 0 Å². The van der Waals surface area contributed by atoms with E-state index in [1.54, 1.807) is 39.2 Å². The molecule has 0 bridgehead atoms. The summed E-state index contributed by atoms with van der Waals surface area (Å²) in [5.74, 6) is 0.169. The summed E-state index contributed by atoms with van der Waals surface area (Å²) in [6.07, 6.45) is 2.93. The minimum absolute atomic E-state index is 0.122. The maximum absolute atomic E-state index is 11.9. The third-order valence-electron chi connectivity index (χ3n) is 2.86. The van der Waals surface area contributed by atoms with E-state index in [1.807, 2.05) is 12.1 Å². The molecular formula is C16H21N5O3. The van der Waals surface area contributed by atoms with E-state index in [2.05, 4.69) is 25.8 Å². The van der Waals surface area contributed by atoms with Gasteiger partial charge in [0.25, 0.3) is 0 Å². The Morgan fingerprint density at radius 3 is 2.62 bits per heavy atom. The van der Waals surface area contributed by atoms with E-state index >= 15 is 0 Å². The van der Waals surface area contributed by atoms with Crippen molar-refractivity contribution in [3.63, 3.8) is 0 Å². The monoisotopic (exact) mass is 331 g/mol. The Balaban J connectivity index is 1.77. The molecule has 8 nitrogen and oxygen atoms in total. The molecule has 0 aliphatic carbocycles. The maximum Gasteiger partial charge on any atom is 0.407 e. The van der Waals surface area contributed by atoms with Gasteiger partial charge in [0, 0.05) is 37.0 Å². The average molecular weight is 331 g/mol. The van der Waals surface area contributed by atoms with Crippen LogP contribution in [-0.4, -0.2) is 39.3 Å². The second-order valence-electron chi connectivity index (χ2n) is 6.13. The molecule has 0 unspecified atom stereocenters. The SMILES string of the molecule is CC(C)(C)OC(=O)NCCC(=O)Nc1cc(-c2ccncc2)[nH]n1. The van der Waals surface area contributed by atoms with Crippen LogP contribution in [0, 0.1) is 0 Å². The number of anilines is 1. The van der Waals surface area contributed by atoms with Gasteiger partial charge in [0.1, 0.15) is 5.60 Å². The van der Waals surface area contributed by atoms with E-state index in [1.165, 1.54) is 0 Å². The Kier molecular flexibility index (Phi) is 5.51. The van der Waals surface area contributed by atoms with Crippen LogP contribution in [0.5, 0.6) is 0 Å². The van der Waals surface area contributed by atoms with E-state index in [4.69, 9.17) is 4.74 Å². The van der Waals surface area contributed by atoms with Gasteiger partial charge < -0.3 is 15.4 Å². The van der Waals surface area contributed by atoms with Crippen LogP contribution in [-0.2, 0) is 9.53 Å². The number of amides is 2. The Bertz CT molecular complexity index is 691. The highest BCUT2D eigenvalue weighted by Gasteiger charge is 2.16. The Morgan fingerprint density at radius 2 is 1.96 bits per heavy atom. The predicted octanol–water partition coefficient (Wildman–Crippen LogP) is 2.32. The number of ether oxygens (including phenoxy) is 1. The van der Waals surface area contributed by atoms with Crippen LogP contribution in [0.3, 0.4) is 0 Å². The van der Waals surface area contributed by atoms with Crippen molar-refractivity contribution in [3.8, 4) is 11.3 Å². The summed E-state index contributed by atoms with van der Waals surface area (Å²) in [6, 6.07) is 5.41. The molecule has 0 radical (unpaired) electrons. The van der Waals surface area contributed by atoms with Gasteiger partial charge >= 0.3 is 6.09 Å². The summed E-state index contributed by atoms with van der Waals surface area (Å²) in [4.78, 5) is 27.3. The second kappa shape index (κ2) is 7.58. The first-order chi connectivity index (χ1) is 11.3. The lowest BCUT2D eigenvalue weighted by Gasteiger charge is -2.19. The number of aromatic nitrogens is 3. The normalized spacial score (nSPS) is 11.0. The molecule has 0 aliphatic heterocycles. The zero-order valence-electron chi connectivity index (χ0n) is 13.9. The van der Waals surface area contributed by atoms with Crippen LogP contribution >= 0.6 is 0 Å². The number of rotatable bonds is 5. The molecule has 0 atom stereocenters. The molecule has 2 aromatic rings. The van der Waals surface area contributed by atoms with Crippen molar-refractivity contribution in [2.45, 2.75) is 32.8 Å². The van der Waals surface area contributed by atoms with Crippen molar-refractivity contribution in [1.82, 2.24) is 20.5 Å². The first-order valence-corrected chi connectivity index (χ1v) is 7.56. The maximum atomic E-state index is 11.9. The fourth-order valence-corrected chi connectivity index (χ4v) is 1.86. The summed E-state index contributed by atoms with van der Waals surface area (Å²) in [5, 5.41) is 12.1. The Hall–Kier alpha value is -2.90. The van der Waals surface area contributed by atoms with Crippen LogP contribution in [0.15, 0.2) is 30.6 Å². The van der Waals surface area contributed by atoms with E-state index < -0.39 is 11.7 Å². The molecule has 0 spiro atoms. The number of nitrogens with zero attached hydrogens (tertiary/aromatic N) is 2. The molecule has 0 aliphatic rings. The van der Waals surface area contributed by atoms with Crippen LogP contribution in [0.2, 0.25) is 0 Å².